The van der Waals surface area contributed by atoms with Crippen molar-refractivity contribution in [2.45, 2.75) is 6.92 Å². The van der Waals surface area contributed by atoms with Gasteiger partial charge >= 0.3 is 0 Å². The minimum Gasteiger partial charge on any atom is -0.398 e. The summed E-state index contributed by atoms with van der Waals surface area (Å²) in [6.45, 7) is 1.35. The lowest BCUT2D eigenvalue weighted by Gasteiger charge is -2.07. The highest BCUT2D eigenvalue weighted by molar-refractivity contribution is 6.13. The number of nitrogens with two attached hydrogens (primary N) is 1. The van der Waals surface area contributed by atoms with Gasteiger partial charge in [-0.05, 0) is 37.3 Å². The maximum absolute atomic E-state index is 13.6. The molecule has 0 radical (unpaired) electrons. The monoisotopic (exact) mass is 275 g/mol. The summed E-state index contributed by atoms with van der Waals surface area (Å²) in [4.78, 5) is 23.5. The van der Waals surface area contributed by atoms with Crippen LogP contribution in [-0.2, 0) is 0 Å². The number of rotatable bonds is 3. The number of anilines is 1. The molecule has 0 spiro atoms. The van der Waals surface area contributed by atoms with E-state index in [0.29, 0.717) is 11.6 Å². The van der Waals surface area contributed by atoms with Gasteiger partial charge < -0.3 is 5.73 Å². The molecule has 5 heteroatoms. The molecule has 0 atom stereocenters. The summed E-state index contributed by atoms with van der Waals surface area (Å²) in [5.74, 6) is -2.67. The second-order valence-electron chi connectivity index (χ2n) is 4.31. The zero-order chi connectivity index (χ0) is 14.9. The van der Waals surface area contributed by atoms with E-state index in [1.54, 1.807) is 0 Å². The number of nitrogen functional groups attached to an aromatic ring is 1. The maximum Gasteiger partial charge on any atom is 0.198 e. The SMILES string of the molecule is CC(=O)c1ccc(N)c(C(=O)c2ccc(F)cc2F)c1. The van der Waals surface area contributed by atoms with Gasteiger partial charge in [0.2, 0.25) is 0 Å². The minimum atomic E-state index is -0.970. The largest absolute Gasteiger partial charge is 0.398 e. The second kappa shape index (κ2) is 5.21. The normalized spacial score (nSPS) is 10.3. The molecule has 0 heterocycles. The topological polar surface area (TPSA) is 60.2 Å². The number of hydrogen-bond acceptors (Lipinski definition) is 3. The smallest absolute Gasteiger partial charge is 0.198 e. The quantitative estimate of drug-likeness (QED) is 0.692. The summed E-state index contributed by atoms with van der Waals surface area (Å²) in [6.07, 6.45) is 0. The number of benzene rings is 2. The summed E-state index contributed by atoms with van der Waals surface area (Å²) in [6, 6.07) is 6.86. The molecule has 0 aliphatic heterocycles. The third kappa shape index (κ3) is 2.56. The Morgan fingerprint density at radius 3 is 2.30 bits per heavy atom. The lowest BCUT2D eigenvalue weighted by atomic mass is 9.98. The average Bonchev–Trinajstić information content (AvgIpc) is 2.38. The number of carbonyl (C=O) groups excluding carboxylic acids is 2. The Bertz CT molecular complexity index is 711. The molecule has 0 aromatic heterocycles. The first kappa shape index (κ1) is 13.9. The van der Waals surface area contributed by atoms with Gasteiger partial charge in [-0.2, -0.15) is 0 Å². The second-order valence-corrected chi connectivity index (χ2v) is 4.31. The van der Waals surface area contributed by atoms with Gasteiger partial charge in [0.05, 0.1) is 5.56 Å². The molecule has 0 saturated carbocycles. The van der Waals surface area contributed by atoms with Crippen molar-refractivity contribution in [2.24, 2.45) is 0 Å². The molecule has 0 unspecified atom stereocenters. The van der Waals surface area contributed by atoms with Gasteiger partial charge in [-0.25, -0.2) is 8.78 Å². The Labute approximate surface area is 114 Å². The molecule has 2 aromatic carbocycles. The molecule has 2 rings (SSSR count). The van der Waals surface area contributed by atoms with Crippen LogP contribution in [0.5, 0.6) is 0 Å². The summed E-state index contributed by atoms with van der Waals surface area (Å²) in [5.41, 5.74) is 5.83. The van der Waals surface area contributed by atoms with Gasteiger partial charge in [0, 0.05) is 22.9 Å². The van der Waals surface area contributed by atoms with E-state index in [1.807, 2.05) is 0 Å². The Morgan fingerprint density at radius 1 is 1.00 bits per heavy atom. The van der Waals surface area contributed by atoms with Crippen molar-refractivity contribution in [3.8, 4) is 0 Å². The number of carbonyl (C=O) groups is 2. The number of ketones is 2. The van der Waals surface area contributed by atoms with Crippen LogP contribution in [0.2, 0.25) is 0 Å². The van der Waals surface area contributed by atoms with Crippen LogP contribution in [0.3, 0.4) is 0 Å². The molecule has 0 amide bonds. The molecule has 102 valence electrons. The minimum absolute atomic E-state index is 0.0169. The molecule has 0 fully saturated rings. The third-order valence-corrected chi connectivity index (χ3v) is 2.88. The van der Waals surface area contributed by atoms with Crippen LogP contribution in [0.1, 0.15) is 33.2 Å². The van der Waals surface area contributed by atoms with Crippen molar-refractivity contribution in [3.05, 3.63) is 64.7 Å². The van der Waals surface area contributed by atoms with Crippen molar-refractivity contribution in [1.82, 2.24) is 0 Å². The van der Waals surface area contributed by atoms with Crippen LogP contribution >= 0.6 is 0 Å². The molecular weight excluding hydrogens is 264 g/mol. The first-order valence-corrected chi connectivity index (χ1v) is 5.80. The molecule has 3 nitrogen and oxygen atoms in total. The molecule has 2 aromatic rings. The Hall–Kier alpha value is -2.56. The van der Waals surface area contributed by atoms with Crippen molar-refractivity contribution >= 4 is 17.3 Å². The highest BCUT2D eigenvalue weighted by atomic mass is 19.1. The van der Waals surface area contributed by atoms with E-state index in [4.69, 9.17) is 5.73 Å². The van der Waals surface area contributed by atoms with Crippen LogP contribution in [0.15, 0.2) is 36.4 Å². The van der Waals surface area contributed by atoms with E-state index in [2.05, 4.69) is 0 Å². The zero-order valence-electron chi connectivity index (χ0n) is 10.6. The van der Waals surface area contributed by atoms with Gasteiger partial charge in [0.25, 0.3) is 0 Å². The molecule has 0 saturated heterocycles. The number of hydrogen-bond donors (Lipinski definition) is 1. The maximum atomic E-state index is 13.6. The van der Waals surface area contributed by atoms with Crippen molar-refractivity contribution in [2.75, 3.05) is 5.73 Å². The molecule has 20 heavy (non-hydrogen) atoms. The van der Waals surface area contributed by atoms with Gasteiger partial charge in [0.15, 0.2) is 11.6 Å². The fourth-order valence-electron chi connectivity index (χ4n) is 1.79. The fraction of sp³-hybridized carbons (Fsp3) is 0.0667. The molecule has 0 bridgehead atoms. The lowest BCUT2D eigenvalue weighted by Crippen LogP contribution is -2.09. The van der Waals surface area contributed by atoms with Gasteiger partial charge in [0.1, 0.15) is 11.6 Å². The van der Waals surface area contributed by atoms with E-state index in [9.17, 15) is 18.4 Å². The van der Waals surface area contributed by atoms with Crippen LogP contribution in [0.25, 0.3) is 0 Å². The van der Waals surface area contributed by atoms with Crippen LogP contribution in [0.4, 0.5) is 14.5 Å². The van der Waals surface area contributed by atoms with E-state index in [-0.39, 0.29) is 22.6 Å². The van der Waals surface area contributed by atoms with Crippen LogP contribution < -0.4 is 5.73 Å². The zero-order valence-corrected chi connectivity index (χ0v) is 10.6. The molecule has 0 aliphatic rings. The Balaban J connectivity index is 2.53. The fourth-order valence-corrected chi connectivity index (χ4v) is 1.79. The van der Waals surface area contributed by atoms with Crippen molar-refractivity contribution in [3.63, 3.8) is 0 Å². The average molecular weight is 275 g/mol. The summed E-state index contributed by atoms with van der Waals surface area (Å²) in [7, 11) is 0. The van der Waals surface area contributed by atoms with Crippen molar-refractivity contribution < 1.29 is 18.4 Å². The van der Waals surface area contributed by atoms with Crippen molar-refractivity contribution in [1.29, 1.82) is 0 Å². The van der Waals surface area contributed by atoms with Crippen LogP contribution in [-0.4, -0.2) is 11.6 Å². The summed E-state index contributed by atoms with van der Waals surface area (Å²) >= 11 is 0. The first-order chi connectivity index (χ1) is 9.40. The molecule has 0 aliphatic carbocycles. The van der Waals surface area contributed by atoms with Crippen LogP contribution in [0, 0.1) is 11.6 Å². The highest BCUT2D eigenvalue weighted by Crippen LogP contribution is 2.21. The van der Waals surface area contributed by atoms with E-state index < -0.39 is 17.4 Å². The van der Waals surface area contributed by atoms with E-state index in [0.717, 1.165) is 12.1 Å². The standard InChI is InChI=1S/C15H11F2NO2/c1-8(19)9-2-5-14(18)12(6-9)15(20)11-4-3-10(16)7-13(11)17/h2-7H,18H2,1H3. The Morgan fingerprint density at radius 2 is 1.70 bits per heavy atom. The predicted molar refractivity (Wildman–Crippen MR) is 70.6 cm³/mol. The van der Waals surface area contributed by atoms with Gasteiger partial charge in [-0.15, -0.1) is 0 Å². The number of halogens is 2. The molecular formula is C15H11F2NO2. The lowest BCUT2D eigenvalue weighted by molar-refractivity contribution is 0.101. The van der Waals surface area contributed by atoms with E-state index >= 15 is 0 Å². The highest BCUT2D eigenvalue weighted by Gasteiger charge is 2.18. The Kier molecular flexibility index (Phi) is 3.61. The summed E-state index contributed by atoms with van der Waals surface area (Å²) in [5, 5.41) is 0. The summed E-state index contributed by atoms with van der Waals surface area (Å²) < 4.78 is 26.5. The van der Waals surface area contributed by atoms with Gasteiger partial charge in [-0.1, -0.05) is 0 Å². The molecule has 2 N–H and O–H groups in total. The first-order valence-electron chi connectivity index (χ1n) is 5.80. The number of Topliss-reactive ketones (excluding diaryl/α,β-unsaturated/α-hetero) is 1. The predicted octanol–water partition coefficient (Wildman–Crippen LogP) is 2.98. The third-order valence-electron chi connectivity index (χ3n) is 2.88. The van der Waals surface area contributed by atoms with Gasteiger partial charge in [-0.3, -0.25) is 9.59 Å². The van der Waals surface area contributed by atoms with E-state index in [1.165, 1.54) is 25.1 Å².